The highest BCUT2D eigenvalue weighted by molar-refractivity contribution is 6.30. The third-order valence-corrected chi connectivity index (χ3v) is 5.87. The Morgan fingerprint density at radius 1 is 1.25 bits per heavy atom. The van der Waals surface area contributed by atoms with Crippen LogP contribution in [0.1, 0.15) is 21.7 Å². The minimum Gasteiger partial charge on any atom is -0.387 e. The van der Waals surface area contributed by atoms with E-state index in [-0.39, 0.29) is 11.5 Å². The first-order valence-electron chi connectivity index (χ1n) is 12.4. The SMILES string of the molecule is [2H]C([2H])([2H])NC(=O)[C@H]1O[C@@H](n2cnc3c(NCc4cccc(C)n4)nc(-c4cncc(Cl)c4)nc32)[C@H](O)[C@@H]1O. The van der Waals surface area contributed by atoms with E-state index >= 15 is 0 Å². The summed E-state index contributed by atoms with van der Waals surface area (Å²) >= 11 is 6.13. The van der Waals surface area contributed by atoms with Crippen molar-refractivity contribution in [3.05, 3.63) is 59.4 Å². The Hall–Kier alpha value is -3.71. The molecule has 4 aromatic rings. The van der Waals surface area contributed by atoms with Gasteiger partial charge in [0.1, 0.15) is 12.2 Å². The summed E-state index contributed by atoms with van der Waals surface area (Å²) < 4.78 is 28.7. The van der Waals surface area contributed by atoms with E-state index in [0.717, 1.165) is 11.4 Å². The van der Waals surface area contributed by atoms with Gasteiger partial charge < -0.3 is 25.6 Å². The highest BCUT2D eigenvalue weighted by Crippen LogP contribution is 2.33. The van der Waals surface area contributed by atoms with E-state index in [4.69, 9.17) is 20.5 Å². The van der Waals surface area contributed by atoms with Crippen LogP contribution in [0.5, 0.6) is 0 Å². The lowest BCUT2D eigenvalue weighted by Crippen LogP contribution is -2.41. The predicted molar refractivity (Wildman–Crippen MR) is 130 cm³/mol. The fourth-order valence-corrected chi connectivity index (χ4v) is 4.11. The minimum absolute atomic E-state index is 0.202. The first kappa shape index (κ1) is 20.5. The number of aryl methyl sites for hydroxylation is 1. The number of carbonyl (C=O) groups is 1. The molecule has 0 aliphatic carbocycles. The Morgan fingerprint density at radius 3 is 2.89 bits per heavy atom. The number of aliphatic hydroxyl groups excluding tert-OH is 2. The van der Waals surface area contributed by atoms with E-state index in [2.05, 4.69) is 30.2 Å². The maximum Gasteiger partial charge on any atom is 0.251 e. The van der Waals surface area contributed by atoms with Gasteiger partial charge >= 0.3 is 0 Å². The number of likely N-dealkylation sites (N-methyl/N-ethyl adjacent to an activating group) is 1. The first-order chi connectivity index (χ1) is 18.5. The van der Waals surface area contributed by atoms with Crippen LogP contribution in [0.4, 0.5) is 5.82 Å². The summed E-state index contributed by atoms with van der Waals surface area (Å²) in [5.41, 5.74) is 2.61. The molecular weight excluding hydrogens is 488 g/mol. The maximum atomic E-state index is 12.4. The lowest BCUT2D eigenvalue weighted by atomic mass is 10.1. The molecule has 0 bridgehead atoms. The lowest BCUT2D eigenvalue weighted by molar-refractivity contribution is -0.137. The number of rotatable bonds is 6. The molecule has 5 heterocycles. The van der Waals surface area contributed by atoms with Crippen LogP contribution in [-0.2, 0) is 16.1 Å². The lowest BCUT2D eigenvalue weighted by Gasteiger charge is -2.17. The van der Waals surface area contributed by atoms with Gasteiger partial charge in [-0.3, -0.25) is 19.3 Å². The van der Waals surface area contributed by atoms with Gasteiger partial charge in [-0.25, -0.2) is 15.0 Å². The van der Waals surface area contributed by atoms with Crippen LogP contribution in [0.15, 0.2) is 43.0 Å². The van der Waals surface area contributed by atoms with Gasteiger partial charge in [0.25, 0.3) is 5.91 Å². The summed E-state index contributed by atoms with van der Waals surface area (Å²) in [7, 11) is 0. The van der Waals surface area contributed by atoms with Crippen molar-refractivity contribution in [2.45, 2.75) is 38.0 Å². The third kappa shape index (κ3) is 4.46. The molecule has 4 aromatic heterocycles. The molecule has 1 aliphatic rings. The summed E-state index contributed by atoms with van der Waals surface area (Å²) in [5, 5.41) is 26.6. The number of aromatic nitrogens is 6. The molecule has 12 nitrogen and oxygen atoms in total. The number of halogens is 1. The molecule has 5 rings (SSSR count). The number of aliphatic hydroxyl groups is 2. The average Bonchev–Trinajstić information content (AvgIpc) is 3.42. The topological polar surface area (TPSA) is 160 Å². The van der Waals surface area contributed by atoms with Crippen LogP contribution >= 0.6 is 11.6 Å². The molecule has 1 saturated heterocycles. The summed E-state index contributed by atoms with van der Waals surface area (Å²) in [5.74, 6) is -0.535. The second-order valence-corrected chi connectivity index (χ2v) is 8.59. The Labute approximate surface area is 214 Å². The molecule has 186 valence electrons. The third-order valence-electron chi connectivity index (χ3n) is 5.66. The van der Waals surface area contributed by atoms with E-state index < -0.39 is 37.4 Å². The number of fused-ring (bicyclic) bond motifs is 1. The normalized spacial score (nSPS) is 23.2. The molecule has 4 N–H and O–H groups in total. The highest BCUT2D eigenvalue weighted by Gasteiger charge is 2.47. The van der Waals surface area contributed by atoms with Crippen molar-refractivity contribution in [1.29, 1.82) is 0 Å². The number of amides is 1. The maximum absolute atomic E-state index is 12.4. The number of hydrogen-bond donors (Lipinski definition) is 4. The number of anilines is 1. The van der Waals surface area contributed by atoms with Crippen molar-refractivity contribution in [2.24, 2.45) is 0 Å². The van der Waals surface area contributed by atoms with Crippen LogP contribution in [-0.4, -0.2) is 70.9 Å². The zero-order chi connectivity index (χ0) is 27.9. The van der Waals surface area contributed by atoms with Crippen LogP contribution in [0.2, 0.25) is 5.02 Å². The zero-order valence-electron chi connectivity index (χ0n) is 21.8. The van der Waals surface area contributed by atoms with Gasteiger partial charge in [-0.05, 0) is 25.1 Å². The fraction of sp³-hybridized carbons (Fsp3) is 0.304. The zero-order valence-corrected chi connectivity index (χ0v) is 19.6. The number of nitrogens with zero attached hydrogens (tertiary/aromatic N) is 6. The fourth-order valence-electron chi connectivity index (χ4n) is 3.94. The van der Waals surface area contributed by atoms with Crippen LogP contribution in [0.25, 0.3) is 22.6 Å². The summed E-state index contributed by atoms with van der Waals surface area (Å²) in [6, 6.07) is 7.25. The van der Waals surface area contributed by atoms with Gasteiger partial charge in [0, 0.05) is 34.7 Å². The molecule has 13 heteroatoms. The summed E-state index contributed by atoms with van der Waals surface area (Å²) in [6.07, 6.45) is -1.97. The number of imidazole rings is 1. The van der Waals surface area contributed by atoms with Gasteiger partial charge in [0.05, 0.1) is 23.6 Å². The smallest absolute Gasteiger partial charge is 0.251 e. The van der Waals surface area contributed by atoms with Gasteiger partial charge in [0.15, 0.2) is 35.1 Å². The van der Waals surface area contributed by atoms with Crippen LogP contribution in [0.3, 0.4) is 0 Å². The van der Waals surface area contributed by atoms with Crippen LogP contribution in [0, 0.1) is 6.92 Å². The standard InChI is InChI=1S/C23H23ClN8O4/c1-11-4-3-5-14(29-11)9-27-20-15-21(31-19(30-20)12-6-13(24)8-26-7-12)32(10-28-15)23-17(34)16(33)18(36-23)22(35)25-2/h3-8,10,16-18,23,33-34H,9H2,1-2H3,(H,25,35)(H,27,30,31)/t16-,17+,18-,23+/m0/s1/i2D3. The van der Waals surface area contributed by atoms with Crippen LogP contribution < -0.4 is 10.6 Å². The van der Waals surface area contributed by atoms with E-state index in [0.29, 0.717) is 28.5 Å². The molecule has 0 spiro atoms. The molecule has 1 amide bonds. The van der Waals surface area contributed by atoms with Gasteiger partial charge in [0.2, 0.25) is 0 Å². The Kier molecular flexibility index (Phi) is 5.54. The monoisotopic (exact) mass is 513 g/mol. The van der Waals surface area contributed by atoms with Gasteiger partial charge in [-0.1, -0.05) is 17.7 Å². The number of nitrogens with one attached hydrogen (secondary N) is 2. The second kappa shape index (κ2) is 9.74. The molecule has 4 atom stereocenters. The van der Waals surface area contributed by atoms with Crippen molar-refractivity contribution in [2.75, 3.05) is 12.3 Å². The molecule has 0 aromatic carbocycles. The number of pyridine rings is 2. The Morgan fingerprint density at radius 2 is 2.11 bits per heavy atom. The van der Waals surface area contributed by atoms with Gasteiger partial charge in [-0.15, -0.1) is 0 Å². The summed E-state index contributed by atoms with van der Waals surface area (Å²) in [6.45, 7) is -0.609. The van der Waals surface area contributed by atoms with E-state index in [1.807, 2.05) is 25.1 Å². The van der Waals surface area contributed by atoms with Crippen molar-refractivity contribution >= 4 is 34.5 Å². The second-order valence-electron chi connectivity index (χ2n) is 8.15. The molecule has 36 heavy (non-hydrogen) atoms. The molecule has 1 aliphatic heterocycles. The van der Waals surface area contributed by atoms with Crippen molar-refractivity contribution in [3.8, 4) is 11.4 Å². The Balaban J connectivity index is 1.54. The molecule has 0 unspecified atom stereocenters. The van der Waals surface area contributed by atoms with E-state index in [9.17, 15) is 15.0 Å². The number of ether oxygens (including phenoxy) is 1. The average molecular weight is 514 g/mol. The highest BCUT2D eigenvalue weighted by atomic mass is 35.5. The number of carbonyl (C=O) groups excluding carboxylic acids is 1. The number of hydrogen-bond acceptors (Lipinski definition) is 10. The van der Waals surface area contributed by atoms with E-state index in [1.165, 1.54) is 23.3 Å². The van der Waals surface area contributed by atoms with Crippen molar-refractivity contribution in [3.63, 3.8) is 0 Å². The predicted octanol–water partition coefficient (Wildman–Crippen LogP) is 1.22. The van der Waals surface area contributed by atoms with Crippen molar-refractivity contribution < 1.29 is 23.9 Å². The van der Waals surface area contributed by atoms with Crippen molar-refractivity contribution in [1.82, 2.24) is 34.8 Å². The van der Waals surface area contributed by atoms with Gasteiger partial charge in [-0.2, -0.15) is 0 Å². The largest absolute Gasteiger partial charge is 0.387 e. The summed E-state index contributed by atoms with van der Waals surface area (Å²) in [4.78, 5) is 34.5. The van der Waals surface area contributed by atoms with E-state index in [1.54, 1.807) is 11.4 Å². The molecule has 0 radical (unpaired) electrons. The molecule has 1 fully saturated rings. The quantitative estimate of drug-likeness (QED) is 0.295. The molecule has 0 saturated carbocycles. The Bertz CT molecular complexity index is 1540. The minimum atomic E-state index is -2.80. The first-order valence-corrected chi connectivity index (χ1v) is 11.2. The molecular formula is C23H23ClN8O4.